The van der Waals surface area contributed by atoms with Crippen LogP contribution in [0.15, 0.2) is 46.9 Å². The average molecular weight is 568 g/mol. The van der Waals surface area contributed by atoms with Gasteiger partial charge in [0.15, 0.2) is 0 Å². The third-order valence-corrected chi connectivity index (χ3v) is 5.31. The molecular formula is C18H14I2N6. The van der Waals surface area contributed by atoms with E-state index >= 15 is 0 Å². The number of aromatic nitrogens is 4. The predicted octanol–water partition coefficient (Wildman–Crippen LogP) is 4.26. The molecule has 0 spiro atoms. The second kappa shape index (κ2) is 7.06. The number of rotatable bonds is 3. The molecule has 0 saturated carbocycles. The number of imidazole rings is 2. The minimum Gasteiger partial charge on any atom is -0.297 e. The smallest absolute Gasteiger partial charge is 0.137 e. The maximum atomic E-state index is 4.55. The lowest BCUT2D eigenvalue weighted by Crippen LogP contribution is -1.95. The summed E-state index contributed by atoms with van der Waals surface area (Å²) in [6, 6.07) is 8.07. The number of hydrogen-bond donors (Lipinski definition) is 0. The summed E-state index contributed by atoms with van der Waals surface area (Å²) in [4.78, 5) is 9.10. The van der Waals surface area contributed by atoms with Gasteiger partial charge in [-0.1, -0.05) is 0 Å². The quantitative estimate of drug-likeness (QED) is 0.211. The molecule has 4 aromatic rings. The highest BCUT2D eigenvalue weighted by Gasteiger charge is 2.08. The first-order chi connectivity index (χ1) is 12.5. The van der Waals surface area contributed by atoms with E-state index in [1.54, 1.807) is 12.4 Å². The number of pyridine rings is 2. The lowest BCUT2D eigenvalue weighted by molar-refractivity contribution is 1.13. The molecular weight excluding hydrogens is 554 g/mol. The van der Waals surface area contributed by atoms with Crippen LogP contribution in [0.4, 0.5) is 0 Å². The number of fused-ring (bicyclic) bond motifs is 2. The molecule has 4 heterocycles. The van der Waals surface area contributed by atoms with Crippen molar-refractivity contribution in [1.82, 2.24) is 18.8 Å². The van der Waals surface area contributed by atoms with Crippen LogP contribution in [0.25, 0.3) is 11.3 Å². The summed E-state index contributed by atoms with van der Waals surface area (Å²) < 4.78 is 6.33. The Labute approximate surface area is 177 Å². The Balaban J connectivity index is 1.67. The first-order valence-electron chi connectivity index (χ1n) is 7.88. The van der Waals surface area contributed by atoms with Crippen LogP contribution in [0.3, 0.4) is 0 Å². The van der Waals surface area contributed by atoms with Gasteiger partial charge in [-0.2, -0.15) is 10.2 Å². The van der Waals surface area contributed by atoms with Gasteiger partial charge < -0.3 is 0 Å². The first-order valence-corrected chi connectivity index (χ1v) is 10.0. The van der Waals surface area contributed by atoms with Crippen molar-refractivity contribution in [2.45, 2.75) is 13.8 Å². The van der Waals surface area contributed by atoms with E-state index in [9.17, 15) is 0 Å². The highest BCUT2D eigenvalue weighted by atomic mass is 127. The van der Waals surface area contributed by atoms with Crippen molar-refractivity contribution >= 4 is 68.9 Å². The fourth-order valence-corrected chi connectivity index (χ4v) is 3.71. The zero-order valence-corrected chi connectivity index (χ0v) is 18.4. The van der Waals surface area contributed by atoms with Crippen LogP contribution in [0.1, 0.15) is 22.8 Å². The molecule has 130 valence electrons. The van der Waals surface area contributed by atoms with E-state index < -0.39 is 0 Å². The molecule has 4 aromatic heterocycles. The molecule has 0 saturated heterocycles. The van der Waals surface area contributed by atoms with Crippen molar-refractivity contribution in [2.75, 3.05) is 0 Å². The number of aryl methyl sites for hydroxylation is 2. The van der Waals surface area contributed by atoms with Crippen LogP contribution in [0.5, 0.6) is 0 Å². The van der Waals surface area contributed by atoms with Gasteiger partial charge in [-0.15, -0.1) is 0 Å². The molecule has 0 bridgehead atoms. The second-order valence-corrected chi connectivity index (χ2v) is 8.30. The second-order valence-electron chi connectivity index (χ2n) is 5.81. The Morgan fingerprint density at radius 3 is 1.62 bits per heavy atom. The molecule has 0 aromatic carbocycles. The highest BCUT2D eigenvalue weighted by molar-refractivity contribution is 14.1. The molecule has 0 fully saturated rings. The summed E-state index contributed by atoms with van der Waals surface area (Å²) in [5, 5.41) is 8.48. The maximum Gasteiger partial charge on any atom is 0.137 e. The Morgan fingerprint density at radius 2 is 1.19 bits per heavy atom. The van der Waals surface area contributed by atoms with E-state index in [2.05, 4.69) is 65.4 Å². The zero-order chi connectivity index (χ0) is 18.3. The van der Waals surface area contributed by atoms with Crippen molar-refractivity contribution in [1.29, 1.82) is 0 Å². The van der Waals surface area contributed by atoms with Gasteiger partial charge in [0.1, 0.15) is 11.3 Å². The van der Waals surface area contributed by atoms with Crippen LogP contribution < -0.4 is 0 Å². The van der Waals surface area contributed by atoms with E-state index in [0.29, 0.717) is 0 Å². The van der Waals surface area contributed by atoms with Crippen LogP contribution in [0, 0.1) is 21.0 Å². The lowest BCUT2D eigenvalue weighted by Gasteiger charge is -1.98. The largest absolute Gasteiger partial charge is 0.297 e. The van der Waals surface area contributed by atoms with Crippen LogP contribution >= 0.6 is 45.2 Å². The lowest BCUT2D eigenvalue weighted by atomic mass is 10.3. The monoisotopic (exact) mass is 568 g/mol. The summed E-state index contributed by atoms with van der Waals surface area (Å²) in [7, 11) is 0. The van der Waals surface area contributed by atoms with E-state index in [1.165, 1.54) is 0 Å². The molecule has 0 aliphatic rings. The molecule has 0 N–H and O–H groups in total. The zero-order valence-electron chi connectivity index (χ0n) is 14.1. The summed E-state index contributed by atoms with van der Waals surface area (Å²) in [5.74, 6) is 0. The molecule has 0 atom stereocenters. The third-order valence-electron chi connectivity index (χ3n) is 4.03. The van der Waals surface area contributed by atoms with Gasteiger partial charge in [0.05, 0.1) is 35.2 Å². The Hall–Kier alpha value is -1.82. The van der Waals surface area contributed by atoms with Crippen molar-refractivity contribution < 1.29 is 0 Å². The Morgan fingerprint density at radius 1 is 0.769 bits per heavy atom. The molecule has 0 aliphatic carbocycles. The van der Waals surface area contributed by atoms with Crippen LogP contribution in [0.2, 0.25) is 0 Å². The number of halogens is 2. The molecule has 0 unspecified atom stereocenters. The SMILES string of the molecule is Cc1nc2ccc(I)cn2c1/C=N/N=C/c1c(C)nc2ccc(I)cn12. The molecule has 8 heteroatoms. The number of hydrogen-bond acceptors (Lipinski definition) is 4. The fourth-order valence-electron chi connectivity index (χ4n) is 2.80. The van der Waals surface area contributed by atoms with Crippen molar-refractivity contribution in [3.63, 3.8) is 0 Å². The van der Waals surface area contributed by atoms with Crippen LogP contribution in [-0.2, 0) is 0 Å². The third kappa shape index (κ3) is 3.27. The maximum absolute atomic E-state index is 4.55. The normalized spacial score (nSPS) is 12.3. The predicted molar refractivity (Wildman–Crippen MR) is 120 cm³/mol. The molecule has 0 amide bonds. The van der Waals surface area contributed by atoms with E-state index in [1.807, 2.05) is 59.3 Å². The van der Waals surface area contributed by atoms with Crippen molar-refractivity contribution in [3.8, 4) is 0 Å². The van der Waals surface area contributed by atoms with E-state index in [4.69, 9.17) is 0 Å². The van der Waals surface area contributed by atoms with Gasteiger partial charge in [0.2, 0.25) is 0 Å². The molecule has 0 radical (unpaired) electrons. The van der Waals surface area contributed by atoms with Crippen LogP contribution in [-0.4, -0.2) is 31.2 Å². The van der Waals surface area contributed by atoms with Gasteiger partial charge in [0, 0.05) is 19.5 Å². The minimum atomic E-state index is 0.903. The topological polar surface area (TPSA) is 59.3 Å². The Bertz CT molecular complexity index is 1090. The molecule has 26 heavy (non-hydrogen) atoms. The van der Waals surface area contributed by atoms with Gasteiger partial charge in [-0.25, -0.2) is 9.97 Å². The van der Waals surface area contributed by atoms with Crippen molar-refractivity contribution in [2.24, 2.45) is 10.2 Å². The summed E-state index contributed by atoms with van der Waals surface area (Å²) in [5.41, 5.74) is 5.51. The van der Waals surface area contributed by atoms with Crippen molar-refractivity contribution in [3.05, 3.63) is 66.6 Å². The molecule has 4 rings (SSSR count). The fraction of sp³-hybridized carbons (Fsp3) is 0.111. The summed E-state index contributed by atoms with van der Waals surface area (Å²) in [6.07, 6.45) is 7.56. The van der Waals surface area contributed by atoms with E-state index in [-0.39, 0.29) is 0 Å². The minimum absolute atomic E-state index is 0.903. The molecule has 0 aliphatic heterocycles. The van der Waals surface area contributed by atoms with Gasteiger partial charge in [-0.05, 0) is 83.3 Å². The average Bonchev–Trinajstić information content (AvgIpc) is 3.08. The standard InChI is InChI=1S/C18H14I2N6/c1-11-15(25-9-13(19)3-5-17(25)23-11)7-21-22-8-16-12(2)24-18-6-4-14(20)10-26(16)18/h3-10H,1-2H3/b21-7+,22-8+. The van der Waals surface area contributed by atoms with E-state index in [0.717, 1.165) is 41.2 Å². The first kappa shape index (κ1) is 17.6. The van der Waals surface area contributed by atoms with Gasteiger partial charge in [-0.3, -0.25) is 8.80 Å². The highest BCUT2D eigenvalue weighted by Crippen LogP contribution is 2.14. The number of nitrogens with zero attached hydrogens (tertiary/aromatic N) is 6. The molecule has 6 nitrogen and oxygen atoms in total. The summed E-state index contributed by atoms with van der Waals surface area (Å²) in [6.45, 7) is 3.95. The summed E-state index contributed by atoms with van der Waals surface area (Å²) >= 11 is 4.57. The Kier molecular flexibility index (Phi) is 4.78. The van der Waals surface area contributed by atoms with Gasteiger partial charge >= 0.3 is 0 Å². The van der Waals surface area contributed by atoms with Gasteiger partial charge in [0.25, 0.3) is 0 Å².